The molecule has 0 N–H and O–H groups in total. The molecule has 27 heavy (non-hydrogen) atoms. The second-order valence-electron chi connectivity index (χ2n) is 7.22. The van der Waals surface area contributed by atoms with E-state index in [1.54, 1.807) is 7.05 Å². The summed E-state index contributed by atoms with van der Waals surface area (Å²) < 4.78 is 42.5. The van der Waals surface area contributed by atoms with Gasteiger partial charge in [0.15, 0.2) is 0 Å². The lowest BCUT2D eigenvalue weighted by molar-refractivity contribution is 0.266. The Kier molecular flexibility index (Phi) is 5.98. The topological polar surface area (TPSA) is 58.4 Å². The molecule has 1 aliphatic rings. The smallest absolute Gasteiger partial charge is 0.243 e. The van der Waals surface area contributed by atoms with Crippen molar-refractivity contribution in [3.05, 3.63) is 47.5 Å². The Morgan fingerprint density at radius 1 is 1.30 bits per heavy atom. The molecule has 0 bridgehead atoms. The first-order valence-corrected chi connectivity index (χ1v) is 10.7. The minimum absolute atomic E-state index is 0.0112. The molecule has 1 aliphatic heterocycles. The van der Waals surface area contributed by atoms with E-state index >= 15 is 0 Å². The van der Waals surface area contributed by atoms with Crippen molar-refractivity contribution in [2.75, 3.05) is 20.1 Å². The highest BCUT2D eigenvalue weighted by Gasteiger charge is 2.30. The molecule has 0 spiro atoms. The Morgan fingerprint density at radius 2 is 2.07 bits per heavy atom. The predicted octanol–water partition coefficient (Wildman–Crippen LogP) is 2.54. The highest BCUT2D eigenvalue weighted by atomic mass is 32.2. The van der Waals surface area contributed by atoms with E-state index in [4.69, 9.17) is 0 Å². The van der Waals surface area contributed by atoms with E-state index in [0.717, 1.165) is 50.7 Å². The standard InChI is InChI=1S/C19H27FN4O2S/c1-15-16(13-21-22(15)2)14-24-10-5-7-18(9-11-24)23(3)27(25,26)19-8-4-6-17(20)12-19/h4,6,8,12-13,18H,5,7,9-11,14H2,1-3H3. The lowest BCUT2D eigenvalue weighted by atomic mass is 10.1. The summed E-state index contributed by atoms with van der Waals surface area (Å²) in [5.41, 5.74) is 2.36. The molecule has 1 saturated heterocycles. The molecule has 0 saturated carbocycles. The van der Waals surface area contributed by atoms with E-state index in [0.29, 0.717) is 0 Å². The lowest BCUT2D eigenvalue weighted by Crippen LogP contribution is -2.37. The maximum atomic E-state index is 13.5. The summed E-state index contributed by atoms with van der Waals surface area (Å²) in [6, 6.07) is 5.13. The van der Waals surface area contributed by atoms with Crippen molar-refractivity contribution in [1.29, 1.82) is 0 Å². The first-order chi connectivity index (χ1) is 12.8. The van der Waals surface area contributed by atoms with Crippen LogP contribution in [-0.4, -0.2) is 53.6 Å². The summed E-state index contributed by atoms with van der Waals surface area (Å²) in [7, 11) is -0.159. The van der Waals surface area contributed by atoms with Gasteiger partial charge in [0.25, 0.3) is 0 Å². The minimum Gasteiger partial charge on any atom is -0.299 e. The molecular formula is C19H27FN4O2S. The van der Waals surface area contributed by atoms with Crippen LogP contribution in [0.1, 0.15) is 30.5 Å². The van der Waals surface area contributed by atoms with Gasteiger partial charge in [0.1, 0.15) is 5.82 Å². The zero-order valence-electron chi connectivity index (χ0n) is 16.1. The number of hydrogen-bond donors (Lipinski definition) is 0. The van der Waals surface area contributed by atoms with Crippen LogP contribution in [0, 0.1) is 12.7 Å². The van der Waals surface area contributed by atoms with E-state index in [9.17, 15) is 12.8 Å². The van der Waals surface area contributed by atoms with Crippen molar-refractivity contribution >= 4 is 10.0 Å². The SMILES string of the molecule is Cc1c(CN2CCCC(N(C)S(=O)(=O)c3cccc(F)c3)CC2)cnn1C. The number of rotatable bonds is 5. The van der Waals surface area contributed by atoms with Crippen molar-refractivity contribution < 1.29 is 12.8 Å². The Bertz CT molecular complexity index is 897. The average molecular weight is 395 g/mol. The molecule has 1 aromatic heterocycles. The summed E-state index contributed by atoms with van der Waals surface area (Å²) in [5, 5.41) is 4.29. The summed E-state index contributed by atoms with van der Waals surface area (Å²) >= 11 is 0. The molecule has 1 atom stereocenters. The fraction of sp³-hybridized carbons (Fsp3) is 0.526. The van der Waals surface area contributed by atoms with Crippen LogP contribution in [0.25, 0.3) is 0 Å². The van der Waals surface area contributed by atoms with Crippen molar-refractivity contribution in [2.24, 2.45) is 7.05 Å². The fourth-order valence-corrected chi connectivity index (χ4v) is 5.04. The molecule has 1 fully saturated rings. The molecular weight excluding hydrogens is 367 g/mol. The number of aromatic nitrogens is 2. The van der Waals surface area contributed by atoms with Crippen LogP contribution in [0.5, 0.6) is 0 Å². The summed E-state index contributed by atoms with van der Waals surface area (Å²) in [5.74, 6) is -0.539. The molecule has 0 aliphatic carbocycles. The molecule has 0 radical (unpaired) electrons. The monoisotopic (exact) mass is 394 g/mol. The molecule has 3 rings (SSSR count). The van der Waals surface area contributed by atoms with Gasteiger partial charge in [-0.2, -0.15) is 9.40 Å². The molecule has 0 amide bonds. The number of benzene rings is 1. The molecule has 6 nitrogen and oxygen atoms in total. The number of halogens is 1. The molecule has 8 heteroatoms. The second kappa shape index (κ2) is 8.08. The highest BCUT2D eigenvalue weighted by Crippen LogP contribution is 2.24. The van der Waals surface area contributed by atoms with Crippen molar-refractivity contribution in [2.45, 2.75) is 43.7 Å². The van der Waals surface area contributed by atoms with E-state index in [1.165, 1.54) is 28.1 Å². The van der Waals surface area contributed by atoms with Crippen LogP contribution in [0.3, 0.4) is 0 Å². The Morgan fingerprint density at radius 3 is 2.74 bits per heavy atom. The molecule has 1 aromatic carbocycles. The third-order valence-electron chi connectivity index (χ3n) is 5.51. The van der Waals surface area contributed by atoms with Crippen molar-refractivity contribution in [3.8, 4) is 0 Å². The lowest BCUT2D eigenvalue weighted by Gasteiger charge is -2.26. The maximum Gasteiger partial charge on any atom is 0.243 e. The Labute approximate surface area is 160 Å². The highest BCUT2D eigenvalue weighted by molar-refractivity contribution is 7.89. The van der Waals surface area contributed by atoms with Crippen LogP contribution < -0.4 is 0 Å². The second-order valence-corrected chi connectivity index (χ2v) is 9.22. The van der Waals surface area contributed by atoms with Gasteiger partial charge < -0.3 is 0 Å². The molecule has 2 heterocycles. The summed E-state index contributed by atoms with van der Waals surface area (Å²) in [6.45, 7) is 4.63. The zero-order valence-corrected chi connectivity index (χ0v) is 16.9. The zero-order chi connectivity index (χ0) is 19.6. The van der Waals surface area contributed by atoms with Crippen LogP contribution in [0.15, 0.2) is 35.4 Å². The van der Waals surface area contributed by atoms with Crippen LogP contribution in [0.2, 0.25) is 0 Å². The van der Waals surface area contributed by atoms with Crippen LogP contribution >= 0.6 is 0 Å². The number of hydrogen-bond acceptors (Lipinski definition) is 4. The van der Waals surface area contributed by atoms with E-state index < -0.39 is 15.8 Å². The van der Waals surface area contributed by atoms with Crippen molar-refractivity contribution in [1.82, 2.24) is 19.0 Å². The molecule has 1 unspecified atom stereocenters. The summed E-state index contributed by atoms with van der Waals surface area (Å²) in [6.07, 6.45) is 4.38. The number of likely N-dealkylation sites (tertiary alicyclic amines) is 1. The Hall–Kier alpha value is -1.77. The number of nitrogens with zero attached hydrogens (tertiary/aromatic N) is 4. The van der Waals surface area contributed by atoms with Gasteiger partial charge in [0.2, 0.25) is 10.0 Å². The largest absolute Gasteiger partial charge is 0.299 e. The molecule has 148 valence electrons. The third kappa shape index (κ3) is 4.39. The van der Waals surface area contributed by atoms with Gasteiger partial charge in [-0.25, -0.2) is 12.8 Å². The first-order valence-electron chi connectivity index (χ1n) is 9.22. The van der Waals surface area contributed by atoms with Crippen molar-refractivity contribution in [3.63, 3.8) is 0 Å². The van der Waals surface area contributed by atoms with Gasteiger partial charge in [-0.1, -0.05) is 6.07 Å². The van der Waals surface area contributed by atoms with Gasteiger partial charge in [-0.3, -0.25) is 9.58 Å². The Balaban J connectivity index is 1.67. The first kappa shape index (κ1) is 20.0. The summed E-state index contributed by atoms with van der Waals surface area (Å²) in [4.78, 5) is 2.37. The van der Waals surface area contributed by atoms with Gasteiger partial charge in [-0.15, -0.1) is 0 Å². The average Bonchev–Trinajstić information content (AvgIpc) is 2.84. The van der Waals surface area contributed by atoms with Crippen LogP contribution in [-0.2, 0) is 23.6 Å². The van der Waals surface area contributed by atoms with Crippen LogP contribution in [0.4, 0.5) is 4.39 Å². The normalized spacial score (nSPS) is 19.4. The van der Waals surface area contributed by atoms with E-state index in [-0.39, 0.29) is 10.9 Å². The predicted molar refractivity (Wildman–Crippen MR) is 102 cm³/mol. The van der Waals surface area contributed by atoms with Gasteiger partial charge >= 0.3 is 0 Å². The maximum absolute atomic E-state index is 13.5. The van der Waals surface area contributed by atoms with E-state index in [2.05, 4.69) is 16.9 Å². The van der Waals surface area contributed by atoms with E-state index in [1.807, 2.05) is 17.9 Å². The number of aryl methyl sites for hydroxylation is 1. The minimum atomic E-state index is -3.70. The molecule has 2 aromatic rings. The quantitative estimate of drug-likeness (QED) is 0.782. The van der Waals surface area contributed by atoms with Gasteiger partial charge in [0, 0.05) is 44.5 Å². The van der Waals surface area contributed by atoms with Gasteiger partial charge in [0.05, 0.1) is 11.1 Å². The third-order valence-corrected chi connectivity index (χ3v) is 7.41. The number of sulfonamides is 1. The van der Waals surface area contributed by atoms with Gasteiger partial charge in [-0.05, 0) is 50.9 Å². The fourth-order valence-electron chi connectivity index (χ4n) is 3.59.